The number of carbonyl (C=O) groups excluding carboxylic acids is 1. The number of benzene rings is 1. The van der Waals surface area contributed by atoms with Crippen LogP contribution in [0.5, 0.6) is 0 Å². The maximum absolute atomic E-state index is 13.3. The highest BCUT2D eigenvalue weighted by Crippen LogP contribution is 2.18. The summed E-state index contributed by atoms with van der Waals surface area (Å²) in [5, 5.41) is 0.792. The van der Waals surface area contributed by atoms with Gasteiger partial charge in [0.1, 0.15) is 11.2 Å². The number of carbonyl (C=O) groups is 1. The predicted octanol–water partition coefficient (Wildman–Crippen LogP) is 3.86. The van der Waals surface area contributed by atoms with Crippen LogP contribution in [0.3, 0.4) is 0 Å². The van der Waals surface area contributed by atoms with Crippen molar-refractivity contribution in [1.29, 1.82) is 0 Å². The topological polar surface area (TPSA) is 55.2 Å². The number of amides is 1. The van der Waals surface area contributed by atoms with Gasteiger partial charge in [0.15, 0.2) is 0 Å². The number of hydrogen-bond acceptors (Lipinski definition) is 3. The molecule has 0 fully saturated rings. The van der Waals surface area contributed by atoms with Gasteiger partial charge in [0.2, 0.25) is 0 Å². The molecular weight excluding hydrogens is 326 g/mol. The third kappa shape index (κ3) is 3.38. The quantitative estimate of drug-likeness (QED) is 0.679. The van der Waals surface area contributed by atoms with Gasteiger partial charge in [-0.25, -0.2) is 4.98 Å². The van der Waals surface area contributed by atoms with Gasteiger partial charge in [-0.15, -0.1) is 0 Å². The first-order chi connectivity index (χ1) is 12.7. The van der Waals surface area contributed by atoms with Crippen molar-refractivity contribution in [2.75, 3.05) is 11.4 Å². The van der Waals surface area contributed by atoms with Crippen LogP contribution in [0.15, 0.2) is 59.5 Å². The van der Waals surface area contributed by atoms with E-state index in [0.717, 1.165) is 23.9 Å². The molecule has 0 saturated carbocycles. The minimum absolute atomic E-state index is 0.187. The van der Waals surface area contributed by atoms with Crippen molar-refractivity contribution in [3.8, 4) is 0 Å². The second kappa shape index (κ2) is 7.95. The van der Waals surface area contributed by atoms with E-state index in [2.05, 4.69) is 11.9 Å². The molecule has 2 heterocycles. The van der Waals surface area contributed by atoms with E-state index < -0.39 is 0 Å². The number of unbranched alkanes of at least 4 members (excludes halogenated alkanes) is 1. The summed E-state index contributed by atoms with van der Waals surface area (Å²) in [6, 6.07) is 14.9. The Labute approximate surface area is 152 Å². The normalized spacial score (nSPS) is 10.8. The van der Waals surface area contributed by atoms with Crippen LogP contribution in [0.1, 0.15) is 37.0 Å². The molecule has 0 saturated heterocycles. The number of hydrogen-bond donors (Lipinski definition) is 0. The Morgan fingerprint density at radius 2 is 1.88 bits per heavy atom. The number of para-hydroxylation sites is 1. The lowest BCUT2D eigenvalue weighted by Crippen LogP contribution is -2.37. The second-order valence-electron chi connectivity index (χ2n) is 6.17. The maximum atomic E-state index is 13.3. The SMILES string of the molecule is CCCCN(C(=O)c1cc2cccnc2n(CC)c1=O)c1ccccc1. The molecule has 26 heavy (non-hydrogen) atoms. The lowest BCUT2D eigenvalue weighted by molar-refractivity contribution is 0.0985. The average Bonchev–Trinajstić information content (AvgIpc) is 2.68. The fraction of sp³-hybridized carbons (Fsp3) is 0.286. The van der Waals surface area contributed by atoms with Gasteiger partial charge in [-0.1, -0.05) is 31.5 Å². The van der Waals surface area contributed by atoms with Gasteiger partial charge in [0.05, 0.1) is 0 Å². The zero-order valence-corrected chi connectivity index (χ0v) is 15.2. The summed E-state index contributed by atoms with van der Waals surface area (Å²) >= 11 is 0. The summed E-state index contributed by atoms with van der Waals surface area (Å²) in [5.41, 5.74) is 1.31. The highest BCUT2D eigenvalue weighted by Gasteiger charge is 2.22. The van der Waals surface area contributed by atoms with Crippen molar-refractivity contribution in [2.24, 2.45) is 0 Å². The van der Waals surface area contributed by atoms with Crippen LogP contribution in [-0.4, -0.2) is 22.0 Å². The third-order valence-electron chi connectivity index (χ3n) is 4.44. The van der Waals surface area contributed by atoms with Gasteiger partial charge in [-0.05, 0) is 43.7 Å². The number of pyridine rings is 2. The molecule has 5 heteroatoms. The van der Waals surface area contributed by atoms with E-state index in [1.807, 2.05) is 49.4 Å². The van der Waals surface area contributed by atoms with Crippen LogP contribution in [-0.2, 0) is 6.54 Å². The van der Waals surface area contributed by atoms with Crippen LogP contribution in [0.4, 0.5) is 5.69 Å². The fourth-order valence-corrected chi connectivity index (χ4v) is 3.07. The Hall–Kier alpha value is -2.95. The van der Waals surface area contributed by atoms with E-state index >= 15 is 0 Å². The minimum Gasteiger partial charge on any atom is -0.308 e. The molecule has 0 spiro atoms. The molecule has 2 aromatic heterocycles. The molecule has 0 aliphatic rings. The monoisotopic (exact) mass is 349 g/mol. The molecule has 0 atom stereocenters. The zero-order valence-electron chi connectivity index (χ0n) is 15.2. The minimum atomic E-state index is -0.291. The lowest BCUT2D eigenvalue weighted by Gasteiger charge is -2.23. The standard InChI is InChI=1S/C21H23N3O2/c1-3-5-14-24(17-11-7-6-8-12-17)21(26)18-15-16-10-9-13-22-19(16)23(4-2)20(18)25/h6-13,15H,3-5,14H2,1-2H3. The highest BCUT2D eigenvalue weighted by molar-refractivity contribution is 6.07. The first kappa shape index (κ1) is 17.9. The molecule has 0 bridgehead atoms. The Morgan fingerprint density at radius 1 is 1.12 bits per heavy atom. The van der Waals surface area contributed by atoms with E-state index in [4.69, 9.17) is 0 Å². The van der Waals surface area contributed by atoms with Gasteiger partial charge in [-0.3, -0.25) is 14.2 Å². The van der Waals surface area contributed by atoms with Gasteiger partial charge < -0.3 is 4.90 Å². The maximum Gasteiger partial charge on any atom is 0.265 e. The molecule has 134 valence electrons. The number of rotatable bonds is 6. The molecule has 0 aliphatic carbocycles. The predicted molar refractivity (Wildman–Crippen MR) is 105 cm³/mol. The van der Waals surface area contributed by atoms with Crippen LogP contribution < -0.4 is 10.5 Å². The smallest absolute Gasteiger partial charge is 0.265 e. The highest BCUT2D eigenvalue weighted by atomic mass is 16.2. The largest absolute Gasteiger partial charge is 0.308 e. The first-order valence-corrected chi connectivity index (χ1v) is 9.02. The van der Waals surface area contributed by atoms with E-state index in [0.29, 0.717) is 18.7 Å². The zero-order chi connectivity index (χ0) is 18.5. The number of aryl methyl sites for hydroxylation is 1. The van der Waals surface area contributed by atoms with E-state index in [1.165, 1.54) is 0 Å². The fourth-order valence-electron chi connectivity index (χ4n) is 3.07. The number of aromatic nitrogens is 2. The van der Waals surface area contributed by atoms with Crippen molar-refractivity contribution < 1.29 is 4.79 Å². The molecule has 0 unspecified atom stereocenters. The second-order valence-corrected chi connectivity index (χ2v) is 6.17. The molecule has 5 nitrogen and oxygen atoms in total. The lowest BCUT2D eigenvalue weighted by atomic mass is 10.1. The summed E-state index contributed by atoms with van der Waals surface area (Å²) in [6.45, 7) is 5.01. The molecule has 1 amide bonds. The third-order valence-corrected chi connectivity index (χ3v) is 4.44. The molecule has 0 radical (unpaired) electrons. The first-order valence-electron chi connectivity index (χ1n) is 9.02. The van der Waals surface area contributed by atoms with Gasteiger partial charge in [0, 0.05) is 30.4 Å². The summed E-state index contributed by atoms with van der Waals surface area (Å²) in [5.74, 6) is -0.261. The Balaban J connectivity index is 2.12. The number of fused-ring (bicyclic) bond motifs is 1. The molecular formula is C21H23N3O2. The Kier molecular flexibility index (Phi) is 5.46. The molecule has 0 N–H and O–H groups in total. The van der Waals surface area contributed by atoms with E-state index in [9.17, 15) is 9.59 Å². The average molecular weight is 349 g/mol. The van der Waals surface area contributed by atoms with Crippen LogP contribution >= 0.6 is 0 Å². The molecule has 3 rings (SSSR count). The number of anilines is 1. The van der Waals surface area contributed by atoms with Crippen LogP contribution in [0, 0.1) is 0 Å². The molecule has 3 aromatic rings. The summed E-state index contributed by atoms with van der Waals surface area (Å²) < 4.78 is 1.56. The summed E-state index contributed by atoms with van der Waals surface area (Å²) in [6.07, 6.45) is 3.50. The molecule has 1 aromatic carbocycles. The van der Waals surface area contributed by atoms with Crippen molar-refractivity contribution in [3.05, 3.63) is 70.6 Å². The van der Waals surface area contributed by atoms with Gasteiger partial charge in [0.25, 0.3) is 11.5 Å². The Morgan fingerprint density at radius 3 is 2.58 bits per heavy atom. The van der Waals surface area contributed by atoms with E-state index in [-0.39, 0.29) is 17.0 Å². The van der Waals surface area contributed by atoms with Gasteiger partial charge in [-0.2, -0.15) is 0 Å². The summed E-state index contributed by atoms with van der Waals surface area (Å²) in [7, 11) is 0. The van der Waals surface area contributed by atoms with Crippen molar-refractivity contribution in [1.82, 2.24) is 9.55 Å². The Bertz CT molecular complexity index is 964. The van der Waals surface area contributed by atoms with Crippen LogP contribution in [0.25, 0.3) is 11.0 Å². The van der Waals surface area contributed by atoms with Crippen molar-refractivity contribution in [3.63, 3.8) is 0 Å². The van der Waals surface area contributed by atoms with Crippen molar-refractivity contribution >= 4 is 22.6 Å². The van der Waals surface area contributed by atoms with Crippen LogP contribution in [0.2, 0.25) is 0 Å². The summed E-state index contributed by atoms with van der Waals surface area (Å²) in [4.78, 5) is 32.2. The van der Waals surface area contributed by atoms with Crippen molar-refractivity contribution in [2.45, 2.75) is 33.2 Å². The van der Waals surface area contributed by atoms with Gasteiger partial charge >= 0.3 is 0 Å². The van der Waals surface area contributed by atoms with E-state index in [1.54, 1.807) is 21.7 Å². The molecule has 0 aliphatic heterocycles. The number of nitrogens with zero attached hydrogens (tertiary/aromatic N) is 3.